The topological polar surface area (TPSA) is 58.2 Å². The zero-order valence-electron chi connectivity index (χ0n) is 11.5. The number of sulfonamides is 1. The molecule has 1 atom stereocenters. The van der Waals surface area contributed by atoms with Crippen LogP contribution in [-0.4, -0.2) is 32.8 Å². The summed E-state index contributed by atoms with van der Waals surface area (Å²) in [5.41, 5.74) is 0.490. The van der Waals surface area contributed by atoms with Crippen molar-refractivity contribution in [2.45, 2.75) is 63.7 Å². The van der Waals surface area contributed by atoms with E-state index in [0.717, 1.165) is 19.4 Å². The molecule has 0 amide bonds. The second-order valence-electron chi connectivity index (χ2n) is 6.08. The standard InChI is InChI=1S/C13H26N2O2S/c1-3-13(7-4-8-13)10-14-11(2)9-15-18(16,17)12-5-6-12/h11-12,14-15H,3-10H2,1-2H3/t11-/m0/s1. The molecule has 0 heterocycles. The molecule has 4 nitrogen and oxygen atoms in total. The first-order chi connectivity index (χ1) is 8.47. The van der Waals surface area contributed by atoms with Crippen LogP contribution in [0.15, 0.2) is 0 Å². The molecule has 2 aliphatic carbocycles. The minimum absolute atomic E-state index is 0.113. The van der Waals surface area contributed by atoms with Crippen LogP contribution in [0, 0.1) is 5.41 Å². The Bertz CT molecular complexity index is 367. The van der Waals surface area contributed by atoms with Crippen LogP contribution in [-0.2, 0) is 10.0 Å². The van der Waals surface area contributed by atoms with E-state index in [1.807, 2.05) is 0 Å². The molecule has 106 valence electrons. The van der Waals surface area contributed by atoms with Gasteiger partial charge in [-0.25, -0.2) is 13.1 Å². The Morgan fingerprint density at radius 3 is 2.44 bits per heavy atom. The van der Waals surface area contributed by atoms with Crippen LogP contribution >= 0.6 is 0 Å². The maximum absolute atomic E-state index is 11.7. The molecule has 0 radical (unpaired) electrons. The summed E-state index contributed by atoms with van der Waals surface area (Å²) in [6.07, 6.45) is 6.86. The maximum Gasteiger partial charge on any atom is 0.214 e. The zero-order valence-corrected chi connectivity index (χ0v) is 12.4. The van der Waals surface area contributed by atoms with Gasteiger partial charge in [-0.3, -0.25) is 0 Å². The molecule has 2 rings (SSSR count). The summed E-state index contributed by atoms with van der Waals surface area (Å²) < 4.78 is 26.1. The van der Waals surface area contributed by atoms with Crippen LogP contribution in [0.1, 0.15) is 52.4 Å². The molecule has 2 aliphatic rings. The van der Waals surface area contributed by atoms with Gasteiger partial charge in [0.25, 0.3) is 0 Å². The molecule has 5 heteroatoms. The summed E-state index contributed by atoms with van der Waals surface area (Å²) in [5.74, 6) is 0. The third-order valence-electron chi connectivity index (χ3n) is 4.54. The molecule has 0 aliphatic heterocycles. The van der Waals surface area contributed by atoms with E-state index in [1.54, 1.807) is 0 Å². The van der Waals surface area contributed by atoms with Gasteiger partial charge in [0.15, 0.2) is 0 Å². The van der Waals surface area contributed by atoms with Crippen molar-refractivity contribution >= 4 is 10.0 Å². The fraction of sp³-hybridized carbons (Fsp3) is 1.00. The quantitative estimate of drug-likeness (QED) is 0.707. The molecular weight excluding hydrogens is 248 g/mol. The van der Waals surface area contributed by atoms with E-state index in [2.05, 4.69) is 23.9 Å². The average Bonchev–Trinajstić information content (AvgIpc) is 3.09. The highest BCUT2D eigenvalue weighted by molar-refractivity contribution is 7.90. The third-order valence-corrected chi connectivity index (χ3v) is 6.46. The van der Waals surface area contributed by atoms with Crippen LogP contribution in [0.4, 0.5) is 0 Å². The molecular formula is C13H26N2O2S. The van der Waals surface area contributed by atoms with Crippen molar-refractivity contribution in [3.8, 4) is 0 Å². The summed E-state index contributed by atoms with van der Waals surface area (Å²) >= 11 is 0. The molecule has 0 aromatic heterocycles. The van der Waals surface area contributed by atoms with Gasteiger partial charge in [0.1, 0.15) is 0 Å². The average molecular weight is 274 g/mol. The van der Waals surface area contributed by atoms with E-state index < -0.39 is 10.0 Å². The molecule has 2 N–H and O–H groups in total. The summed E-state index contributed by atoms with van der Waals surface area (Å²) in [5, 5.41) is 3.37. The lowest BCUT2D eigenvalue weighted by Crippen LogP contribution is -2.46. The van der Waals surface area contributed by atoms with E-state index in [-0.39, 0.29) is 11.3 Å². The number of hydrogen-bond acceptors (Lipinski definition) is 3. The summed E-state index contributed by atoms with van der Waals surface area (Å²) in [4.78, 5) is 0. The van der Waals surface area contributed by atoms with Crippen LogP contribution in [0.3, 0.4) is 0 Å². The van der Waals surface area contributed by atoms with E-state index in [9.17, 15) is 8.42 Å². The smallest absolute Gasteiger partial charge is 0.214 e. The van der Waals surface area contributed by atoms with Gasteiger partial charge in [-0.15, -0.1) is 0 Å². The Balaban J connectivity index is 1.67. The summed E-state index contributed by atoms with van der Waals surface area (Å²) in [6.45, 7) is 5.84. The highest BCUT2D eigenvalue weighted by Crippen LogP contribution is 2.43. The SMILES string of the molecule is CCC1(CN[C@@H](C)CNS(=O)(=O)C2CC2)CCC1. The van der Waals surface area contributed by atoms with Crippen molar-refractivity contribution < 1.29 is 8.42 Å². The first kappa shape index (κ1) is 14.3. The molecule has 2 saturated carbocycles. The van der Waals surface area contributed by atoms with Gasteiger partial charge in [0, 0.05) is 19.1 Å². The zero-order chi connectivity index (χ0) is 13.2. The third kappa shape index (κ3) is 3.45. The van der Waals surface area contributed by atoms with E-state index >= 15 is 0 Å². The van der Waals surface area contributed by atoms with Gasteiger partial charge in [0.2, 0.25) is 10.0 Å². The monoisotopic (exact) mass is 274 g/mol. The molecule has 0 unspecified atom stereocenters. The summed E-state index contributed by atoms with van der Waals surface area (Å²) in [6, 6.07) is 0.211. The normalized spacial score (nSPS) is 24.6. The fourth-order valence-electron chi connectivity index (χ4n) is 2.53. The Kier molecular flexibility index (Phi) is 4.34. The molecule has 0 aromatic carbocycles. The highest BCUT2D eigenvalue weighted by Gasteiger charge is 2.36. The van der Waals surface area contributed by atoms with Gasteiger partial charge >= 0.3 is 0 Å². The van der Waals surface area contributed by atoms with Crippen molar-refractivity contribution in [3.05, 3.63) is 0 Å². The van der Waals surface area contributed by atoms with Gasteiger partial charge in [-0.1, -0.05) is 13.3 Å². The van der Waals surface area contributed by atoms with Crippen molar-refractivity contribution in [3.63, 3.8) is 0 Å². The molecule has 0 aromatic rings. The largest absolute Gasteiger partial charge is 0.312 e. The van der Waals surface area contributed by atoms with E-state index in [0.29, 0.717) is 12.0 Å². The lowest BCUT2D eigenvalue weighted by Gasteiger charge is -2.42. The molecule has 18 heavy (non-hydrogen) atoms. The minimum Gasteiger partial charge on any atom is -0.312 e. The van der Waals surface area contributed by atoms with Gasteiger partial charge in [-0.2, -0.15) is 0 Å². The van der Waals surface area contributed by atoms with E-state index in [1.165, 1.54) is 25.7 Å². The fourth-order valence-corrected chi connectivity index (χ4v) is 4.01. The van der Waals surface area contributed by atoms with Crippen molar-refractivity contribution in [1.29, 1.82) is 0 Å². The first-order valence-corrected chi connectivity index (χ1v) is 8.74. The second kappa shape index (κ2) is 5.47. The molecule has 0 saturated heterocycles. The van der Waals surface area contributed by atoms with Crippen LogP contribution in [0.25, 0.3) is 0 Å². The number of rotatable bonds is 8. The molecule has 2 fully saturated rings. The number of hydrogen-bond donors (Lipinski definition) is 2. The van der Waals surface area contributed by atoms with Crippen LogP contribution in [0.2, 0.25) is 0 Å². The van der Waals surface area contributed by atoms with E-state index in [4.69, 9.17) is 0 Å². The van der Waals surface area contributed by atoms with Crippen LogP contribution in [0.5, 0.6) is 0 Å². The predicted octanol–water partition coefficient (Wildman–Crippen LogP) is 1.63. The predicted molar refractivity (Wildman–Crippen MR) is 74.0 cm³/mol. The maximum atomic E-state index is 11.7. The second-order valence-corrected chi connectivity index (χ2v) is 8.13. The van der Waals surface area contributed by atoms with Crippen molar-refractivity contribution in [2.75, 3.05) is 13.1 Å². The Morgan fingerprint density at radius 1 is 1.33 bits per heavy atom. The van der Waals surface area contributed by atoms with Crippen LogP contribution < -0.4 is 10.0 Å². The Morgan fingerprint density at radius 2 is 2.00 bits per heavy atom. The van der Waals surface area contributed by atoms with Gasteiger partial charge in [0.05, 0.1) is 5.25 Å². The lowest BCUT2D eigenvalue weighted by atomic mass is 9.67. The lowest BCUT2D eigenvalue weighted by molar-refractivity contribution is 0.120. The molecule has 0 spiro atoms. The first-order valence-electron chi connectivity index (χ1n) is 7.19. The van der Waals surface area contributed by atoms with Gasteiger partial charge < -0.3 is 5.32 Å². The Labute approximate surface area is 111 Å². The molecule has 0 bridgehead atoms. The van der Waals surface area contributed by atoms with Crippen molar-refractivity contribution in [1.82, 2.24) is 10.0 Å². The number of nitrogens with one attached hydrogen (secondary N) is 2. The highest BCUT2D eigenvalue weighted by atomic mass is 32.2. The van der Waals surface area contributed by atoms with Crippen molar-refractivity contribution in [2.24, 2.45) is 5.41 Å². The van der Waals surface area contributed by atoms with Gasteiger partial charge in [-0.05, 0) is 44.4 Å². The minimum atomic E-state index is -3.02. The summed E-state index contributed by atoms with van der Waals surface area (Å²) in [7, 11) is -3.02. The Hall–Kier alpha value is -0.130.